The normalized spacial score (nSPS) is 12.5. The fourth-order valence-electron chi connectivity index (χ4n) is 3.68. The van der Waals surface area contributed by atoms with Gasteiger partial charge in [0.25, 0.3) is 5.91 Å². The van der Waals surface area contributed by atoms with Crippen molar-refractivity contribution in [2.24, 2.45) is 0 Å². The summed E-state index contributed by atoms with van der Waals surface area (Å²) in [5, 5.41) is 7.87. The van der Waals surface area contributed by atoms with Gasteiger partial charge in [-0.1, -0.05) is 60.7 Å². The van der Waals surface area contributed by atoms with Gasteiger partial charge in [-0.25, -0.2) is 4.68 Å². The summed E-state index contributed by atoms with van der Waals surface area (Å²) in [6.45, 7) is 0. The van der Waals surface area contributed by atoms with Crippen LogP contribution in [0, 0.1) is 0 Å². The Hall–Kier alpha value is -3.31. The molecule has 1 aliphatic rings. The van der Waals surface area contributed by atoms with Crippen molar-refractivity contribution in [3.63, 3.8) is 0 Å². The lowest BCUT2D eigenvalue weighted by molar-refractivity contribution is 0.102. The molecule has 0 saturated heterocycles. The fraction of sp³-hybridized carbons (Fsp3) is 0.120. The number of para-hydroxylation sites is 1. The van der Waals surface area contributed by atoms with Crippen LogP contribution in [0.25, 0.3) is 5.69 Å². The van der Waals surface area contributed by atoms with Gasteiger partial charge >= 0.3 is 0 Å². The number of aromatic nitrogens is 2. The Morgan fingerprint density at radius 2 is 1.53 bits per heavy atom. The SMILES string of the molecule is O=C(Nc1c2c(nn1-c1ccccc1)CSC2)c1ccc(Cc2ccccc2)cc1. The maximum Gasteiger partial charge on any atom is 0.256 e. The molecule has 30 heavy (non-hydrogen) atoms. The first-order valence-electron chi connectivity index (χ1n) is 9.96. The van der Waals surface area contributed by atoms with Crippen LogP contribution in [0.3, 0.4) is 0 Å². The van der Waals surface area contributed by atoms with Crippen LogP contribution in [-0.2, 0) is 17.9 Å². The minimum Gasteiger partial charge on any atom is -0.306 e. The van der Waals surface area contributed by atoms with E-state index in [-0.39, 0.29) is 5.91 Å². The smallest absolute Gasteiger partial charge is 0.256 e. The number of carbonyl (C=O) groups excluding carboxylic acids is 1. The maximum absolute atomic E-state index is 13.0. The van der Waals surface area contributed by atoms with E-state index in [0.29, 0.717) is 5.56 Å². The van der Waals surface area contributed by atoms with Crippen LogP contribution in [0.2, 0.25) is 0 Å². The lowest BCUT2D eigenvalue weighted by Crippen LogP contribution is -2.16. The molecule has 5 rings (SSSR count). The van der Waals surface area contributed by atoms with Crippen molar-refractivity contribution in [2.75, 3.05) is 5.32 Å². The summed E-state index contributed by atoms with van der Waals surface area (Å²) >= 11 is 1.83. The Bertz CT molecular complexity index is 1170. The number of hydrogen-bond acceptors (Lipinski definition) is 3. The zero-order valence-corrected chi connectivity index (χ0v) is 17.2. The standard InChI is InChI=1S/C25H21N3OS/c29-25(20-13-11-19(12-14-20)15-18-7-3-1-4-8-18)26-24-22-16-30-17-23(22)27-28(24)21-9-5-2-6-10-21/h1-14H,15-17H2,(H,26,29). The lowest BCUT2D eigenvalue weighted by atomic mass is 10.0. The van der Waals surface area contributed by atoms with Crippen LogP contribution < -0.4 is 5.32 Å². The summed E-state index contributed by atoms with van der Waals surface area (Å²) in [6, 6.07) is 28.1. The van der Waals surface area contributed by atoms with Gasteiger partial charge in [-0.2, -0.15) is 16.9 Å². The number of nitrogens with zero attached hydrogens (tertiary/aromatic N) is 2. The van der Waals surface area contributed by atoms with E-state index in [9.17, 15) is 4.79 Å². The molecule has 0 fully saturated rings. The summed E-state index contributed by atoms with van der Waals surface area (Å²) in [5.74, 6) is 2.41. The van der Waals surface area contributed by atoms with Crippen LogP contribution in [0.15, 0.2) is 84.9 Å². The van der Waals surface area contributed by atoms with Crippen LogP contribution in [0.1, 0.15) is 32.7 Å². The largest absolute Gasteiger partial charge is 0.306 e. The highest BCUT2D eigenvalue weighted by atomic mass is 32.2. The predicted octanol–water partition coefficient (Wildman–Crippen LogP) is 5.46. The molecule has 0 saturated carbocycles. The van der Waals surface area contributed by atoms with Crippen LogP contribution >= 0.6 is 11.8 Å². The predicted molar refractivity (Wildman–Crippen MR) is 122 cm³/mol. The summed E-state index contributed by atoms with van der Waals surface area (Å²) in [6.07, 6.45) is 0.855. The first kappa shape index (κ1) is 18.7. The second-order valence-corrected chi connectivity index (χ2v) is 8.31. The number of carbonyl (C=O) groups is 1. The number of nitrogens with one attached hydrogen (secondary N) is 1. The van der Waals surface area contributed by atoms with E-state index >= 15 is 0 Å². The molecular formula is C25H21N3OS. The highest BCUT2D eigenvalue weighted by molar-refractivity contribution is 7.98. The molecule has 0 atom stereocenters. The molecule has 0 bridgehead atoms. The molecular weight excluding hydrogens is 390 g/mol. The molecule has 4 aromatic rings. The molecule has 1 N–H and O–H groups in total. The van der Waals surface area contributed by atoms with Gasteiger partial charge in [0.05, 0.1) is 11.4 Å². The number of rotatable bonds is 5. The zero-order chi connectivity index (χ0) is 20.3. The number of thioether (sulfide) groups is 1. The topological polar surface area (TPSA) is 46.9 Å². The molecule has 4 nitrogen and oxygen atoms in total. The van der Waals surface area contributed by atoms with Crippen molar-refractivity contribution in [1.82, 2.24) is 9.78 Å². The summed E-state index contributed by atoms with van der Waals surface area (Å²) in [5.41, 5.74) is 6.21. The highest BCUT2D eigenvalue weighted by Gasteiger charge is 2.25. The zero-order valence-electron chi connectivity index (χ0n) is 16.4. The summed E-state index contributed by atoms with van der Waals surface area (Å²) in [4.78, 5) is 13.0. The minimum absolute atomic E-state index is 0.113. The molecule has 0 aliphatic carbocycles. The molecule has 1 amide bonds. The molecule has 1 aromatic heterocycles. The lowest BCUT2D eigenvalue weighted by Gasteiger charge is -2.11. The van der Waals surface area contributed by atoms with Crippen LogP contribution in [0.4, 0.5) is 5.82 Å². The van der Waals surface area contributed by atoms with Gasteiger partial charge in [-0.3, -0.25) is 4.79 Å². The molecule has 0 radical (unpaired) electrons. The van der Waals surface area contributed by atoms with Gasteiger partial charge in [0.1, 0.15) is 5.82 Å². The average Bonchev–Trinajstić information content (AvgIpc) is 3.38. The summed E-state index contributed by atoms with van der Waals surface area (Å²) < 4.78 is 1.85. The molecule has 0 spiro atoms. The van der Waals surface area contributed by atoms with E-state index in [1.54, 1.807) is 0 Å². The maximum atomic E-state index is 13.0. The van der Waals surface area contributed by atoms with E-state index in [4.69, 9.17) is 5.10 Å². The second kappa shape index (κ2) is 8.20. The second-order valence-electron chi connectivity index (χ2n) is 7.33. The first-order chi connectivity index (χ1) is 14.8. The molecule has 3 aromatic carbocycles. The Morgan fingerprint density at radius 1 is 0.867 bits per heavy atom. The van der Waals surface area contributed by atoms with E-state index in [1.807, 2.05) is 89.2 Å². The van der Waals surface area contributed by atoms with Crippen LogP contribution in [-0.4, -0.2) is 15.7 Å². The minimum atomic E-state index is -0.113. The van der Waals surface area contributed by atoms with Crippen molar-refractivity contribution in [2.45, 2.75) is 17.9 Å². The number of amides is 1. The van der Waals surface area contributed by atoms with Crippen molar-refractivity contribution < 1.29 is 4.79 Å². The molecule has 5 heteroatoms. The Morgan fingerprint density at radius 3 is 2.27 bits per heavy atom. The quantitative estimate of drug-likeness (QED) is 0.474. The van der Waals surface area contributed by atoms with Gasteiger partial charge in [0.15, 0.2) is 0 Å². The van der Waals surface area contributed by atoms with Crippen molar-refractivity contribution in [1.29, 1.82) is 0 Å². The Labute approximate surface area is 179 Å². The first-order valence-corrected chi connectivity index (χ1v) is 11.1. The third-order valence-corrected chi connectivity index (χ3v) is 6.22. The van der Waals surface area contributed by atoms with Crippen molar-refractivity contribution in [3.05, 3.63) is 113 Å². The van der Waals surface area contributed by atoms with Gasteiger partial charge < -0.3 is 5.32 Å². The van der Waals surface area contributed by atoms with Crippen molar-refractivity contribution >= 4 is 23.5 Å². The van der Waals surface area contributed by atoms with E-state index in [0.717, 1.165) is 40.7 Å². The Kier molecular flexibility index (Phi) is 5.11. The fourth-order valence-corrected chi connectivity index (χ4v) is 4.72. The molecule has 2 heterocycles. The Balaban J connectivity index is 1.38. The van der Waals surface area contributed by atoms with E-state index in [2.05, 4.69) is 17.4 Å². The van der Waals surface area contributed by atoms with E-state index < -0.39 is 0 Å². The van der Waals surface area contributed by atoms with Gasteiger partial charge in [0, 0.05) is 22.6 Å². The number of fused-ring (bicyclic) bond motifs is 1. The van der Waals surface area contributed by atoms with Crippen molar-refractivity contribution in [3.8, 4) is 5.69 Å². The monoisotopic (exact) mass is 411 g/mol. The van der Waals surface area contributed by atoms with Crippen LogP contribution in [0.5, 0.6) is 0 Å². The van der Waals surface area contributed by atoms with Gasteiger partial charge in [-0.05, 0) is 41.8 Å². The highest BCUT2D eigenvalue weighted by Crippen LogP contribution is 2.36. The van der Waals surface area contributed by atoms with E-state index in [1.165, 1.54) is 11.1 Å². The third kappa shape index (κ3) is 3.76. The third-order valence-electron chi connectivity index (χ3n) is 5.25. The van der Waals surface area contributed by atoms with Gasteiger partial charge in [-0.15, -0.1) is 0 Å². The number of hydrogen-bond donors (Lipinski definition) is 1. The number of anilines is 1. The average molecular weight is 412 g/mol. The molecule has 1 aliphatic heterocycles. The number of benzene rings is 3. The van der Waals surface area contributed by atoms with Gasteiger partial charge in [0.2, 0.25) is 0 Å². The molecule has 148 valence electrons. The summed E-state index contributed by atoms with van der Waals surface area (Å²) in [7, 11) is 0. The molecule has 0 unspecified atom stereocenters.